The van der Waals surface area contributed by atoms with Crippen molar-refractivity contribution in [3.63, 3.8) is 0 Å². The molecule has 1 aliphatic heterocycles. The number of nitrogens with one attached hydrogen (secondary N) is 2. The predicted octanol–water partition coefficient (Wildman–Crippen LogP) is 7.50. The van der Waals surface area contributed by atoms with Crippen LogP contribution in [0.15, 0.2) is 59.4 Å². The predicted molar refractivity (Wildman–Crippen MR) is 147 cm³/mol. The first kappa shape index (κ1) is 27.8. The number of likely N-dealkylation sites (tertiary alicyclic amines) is 1. The van der Waals surface area contributed by atoms with Crippen molar-refractivity contribution in [2.45, 2.75) is 70.6 Å². The van der Waals surface area contributed by atoms with Gasteiger partial charge in [-0.3, -0.25) is 9.59 Å². The van der Waals surface area contributed by atoms with Gasteiger partial charge < -0.3 is 20.0 Å². The van der Waals surface area contributed by atoms with Crippen molar-refractivity contribution in [2.75, 3.05) is 17.2 Å². The number of carbonyl (C=O) groups is 2. The summed E-state index contributed by atoms with van der Waals surface area (Å²) in [5.74, 6) is -1.32. The Bertz CT molecular complexity index is 1360. The summed E-state index contributed by atoms with van der Waals surface area (Å²) in [6.45, 7) is 3.62. The number of halogens is 3. The van der Waals surface area contributed by atoms with E-state index in [9.17, 15) is 22.8 Å². The molecular weight excluding hydrogens is 519 g/mol. The largest absolute Gasteiger partial charge is 0.471 e. The molecule has 212 valence electrons. The van der Waals surface area contributed by atoms with Crippen LogP contribution in [-0.2, 0) is 11.0 Å². The molecule has 2 heterocycles. The van der Waals surface area contributed by atoms with Gasteiger partial charge in [-0.25, -0.2) is 0 Å². The van der Waals surface area contributed by atoms with Gasteiger partial charge in [0.15, 0.2) is 0 Å². The topological polar surface area (TPSA) is 74.6 Å². The monoisotopic (exact) mass is 553 g/mol. The van der Waals surface area contributed by atoms with E-state index in [1.54, 1.807) is 11.8 Å². The minimum atomic E-state index is -4.53. The Morgan fingerprint density at radius 2 is 1.60 bits per heavy atom. The van der Waals surface area contributed by atoms with Crippen LogP contribution < -0.4 is 10.6 Å². The second-order valence-corrected chi connectivity index (χ2v) is 10.9. The highest BCUT2D eigenvalue weighted by Gasteiger charge is 2.40. The fraction of sp³-hybridized carbons (Fsp3) is 0.419. The third kappa shape index (κ3) is 5.88. The average molecular weight is 554 g/mol. The van der Waals surface area contributed by atoms with Gasteiger partial charge in [-0.1, -0.05) is 31.0 Å². The van der Waals surface area contributed by atoms with Crippen molar-refractivity contribution in [1.82, 2.24) is 4.90 Å². The lowest BCUT2D eigenvalue weighted by Gasteiger charge is -2.41. The quantitative estimate of drug-likeness (QED) is 0.331. The van der Waals surface area contributed by atoms with Gasteiger partial charge in [0.1, 0.15) is 6.26 Å². The molecule has 9 heteroatoms. The van der Waals surface area contributed by atoms with Gasteiger partial charge >= 0.3 is 6.18 Å². The van der Waals surface area contributed by atoms with Gasteiger partial charge in [0.2, 0.25) is 5.91 Å². The van der Waals surface area contributed by atoms with E-state index in [0.29, 0.717) is 36.6 Å². The number of furan rings is 1. The molecule has 6 nitrogen and oxygen atoms in total. The normalized spacial score (nSPS) is 20.0. The Morgan fingerprint density at radius 3 is 2.25 bits per heavy atom. The van der Waals surface area contributed by atoms with Crippen molar-refractivity contribution >= 4 is 23.2 Å². The summed E-state index contributed by atoms with van der Waals surface area (Å²) in [5.41, 5.74) is 2.28. The number of aryl methyl sites for hydroxylation is 2. The lowest BCUT2D eigenvalue weighted by molar-refractivity contribution is -0.138. The van der Waals surface area contributed by atoms with Crippen LogP contribution in [0.3, 0.4) is 0 Å². The Labute approximate surface area is 231 Å². The van der Waals surface area contributed by atoms with Crippen molar-refractivity contribution in [2.24, 2.45) is 5.92 Å². The van der Waals surface area contributed by atoms with E-state index >= 15 is 0 Å². The maximum absolute atomic E-state index is 13.7. The van der Waals surface area contributed by atoms with Crippen molar-refractivity contribution in [3.05, 3.63) is 82.8 Å². The van der Waals surface area contributed by atoms with E-state index in [2.05, 4.69) is 10.6 Å². The van der Waals surface area contributed by atoms with Crippen molar-refractivity contribution < 1.29 is 27.2 Å². The molecule has 2 amide bonds. The number of rotatable bonds is 6. The molecule has 1 saturated carbocycles. The van der Waals surface area contributed by atoms with E-state index in [-0.39, 0.29) is 17.2 Å². The van der Waals surface area contributed by atoms with Gasteiger partial charge in [0.25, 0.3) is 5.91 Å². The first-order valence-corrected chi connectivity index (χ1v) is 13.8. The van der Waals surface area contributed by atoms with Crippen LogP contribution in [0.4, 0.5) is 24.5 Å². The van der Waals surface area contributed by atoms with Gasteiger partial charge in [0, 0.05) is 24.0 Å². The molecule has 2 atom stereocenters. The summed E-state index contributed by atoms with van der Waals surface area (Å²) in [6, 6.07) is 11.4. The molecule has 2 aliphatic rings. The number of piperidine rings is 1. The lowest BCUT2D eigenvalue weighted by atomic mass is 9.83. The van der Waals surface area contributed by atoms with Crippen LogP contribution in [-0.4, -0.2) is 29.3 Å². The number of amides is 2. The van der Waals surface area contributed by atoms with E-state index in [1.807, 2.05) is 24.3 Å². The van der Waals surface area contributed by atoms with Gasteiger partial charge in [-0.05, 0) is 80.5 Å². The highest BCUT2D eigenvalue weighted by atomic mass is 19.4. The molecule has 2 aromatic carbocycles. The molecule has 5 rings (SSSR count). The van der Waals surface area contributed by atoms with E-state index < -0.39 is 29.6 Å². The molecule has 0 radical (unpaired) electrons. The van der Waals surface area contributed by atoms with E-state index in [1.165, 1.54) is 44.4 Å². The molecule has 1 aliphatic carbocycles. The fourth-order valence-corrected chi connectivity index (χ4v) is 5.97. The summed E-state index contributed by atoms with van der Waals surface area (Å²) >= 11 is 0. The Balaban J connectivity index is 1.45. The molecule has 2 fully saturated rings. The molecule has 1 aromatic heterocycles. The van der Waals surface area contributed by atoms with Gasteiger partial charge in [-0.15, -0.1) is 0 Å². The number of hydrogen-bond donors (Lipinski definition) is 2. The van der Waals surface area contributed by atoms with Crippen molar-refractivity contribution in [1.29, 1.82) is 0 Å². The van der Waals surface area contributed by atoms with Crippen LogP contribution in [0.1, 0.15) is 77.2 Å². The molecular formula is C31H34F3N3O3. The maximum Gasteiger partial charge on any atom is 0.416 e. The molecule has 2 N–H and O–H groups in total. The SMILES string of the molecule is Cc1cocc1C(=O)N1CCC[C@H](C(=O)Nc2ccc(C)c(C(F)(F)F)c2)[C@@H]1c1ccc(NC2CCCC2)cc1. The maximum atomic E-state index is 13.7. The Morgan fingerprint density at radius 1 is 0.900 bits per heavy atom. The number of hydrogen-bond acceptors (Lipinski definition) is 4. The average Bonchev–Trinajstić information content (AvgIpc) is 3.60. The first-order valence-electron chi connectivity index (χ1n) is 13.8. The van der Waals surface area contributed by atoms with Crippen LogP contribution in [0, 0.1) is 19.8 Å². The second kappa shape index (κ2) is 11.4. The zero-order valence-electron chi connectivity index (χ0n) is 22.7. The molecule has 1 saturated heterocycles. The van der Waals surface area contributed by atoms with Crippen LogP contribution in [0.25, 0.3) is 0 Å². The first-order chi connectivity index (χ1) is 19.1. The molecule has 0 spiro atoms. The van der Waals surface area contributed by atoms with Gasteiger partial charge in [-0.2, -0.15) is 13.2 Å². The molecule has 3 aromatic rings. The lowest BCUT2D eigenvalue weighted by Crippen LogP contribution is -2.46. The highest BCUT2D eigenvalue weighted by Crippen LogP contribution is 2.39. The Kier molecular flexibility index (Phi) is 7.92. The molecule has 0 unspecified atom stereocenters. The van der Waals surface area contributed by atoms with Crippen LogP contribution in [0.5, 0.6) is 0 Å². The highest BCUT2D eigenvalue weighted by molar-refractivity contribution is 5.97. The van der Waals surface area contributed by atoms with E-state index in [0.717, 1.165) is 30.2 Å². The minimum Gasteiger partial charge on any atom is -0.471 e. The zero-order chi connectivity index (χ0) is 28.4. The number of nitrogens with zero attached hydrogens (tertiary/aromatic N) is 1. The number of benzene rings is 2. The molecule has 0 bridgehead atoms. The number of alkyl halides is 3. The fourth-order valence-electron chi connectivity index (χ4n) is 5.97. The third-order valence-electron chi connectivity index (χ3n) is 8.10. The van der Waals surface area contributed by atoms with Crippen molar-refractivity contribution in [3.8, 4) is 0 Å². The minimum absolute atomic E-state index is 0.0758. The zero-order valence-corrected chi connectivity index (χ0v) is 22.7. The summed E-state index contributed by atoms with van der Waals surface area (Å²) in [4.78, 5) is 29.0. The number of carbonyl (C=O) groups excluding carboxylic acids is 2. The van der Waals surface area contributed by atoms with Crippen LogP contribution >= 0.6 is 0 Å². The Hall–Kier alpha value is -3.75. The second-order valence-electron chi connectivity index (χ2n) is 10.9. The summed E-state index contributed by atoms with van der Waals surface area (Å²) in [7, 11) is 0. The van der Waals surface area contributed by atoms with E-state index in [4.69, 9.17) is 4.42 Å². The summed E-state index contributed by atoms with van der Waals surface area (Å²) in [6.07, 6.45) is 4.16. The molecule has 40 heavy (non-hydrogen) atoms. The summed E-state index contributed by atoms with van der Waals surface area (Å²) in [5, 5.41) is 6.27. The smallest absolute Gasteiger partial charge is 0.416 e. The van der Waals surface area contributed by atoms with Gasteiger partial charge in [0.05, 0.1) is 29.3 Å². The number of anilines is 2. The third-order valence-corrected chi connectivity index (χ3v) is 8.10. The summed E-state index contributed by atoms with van der Waals surface area (Å²) < 4.78 is 45.8. The standard InChI is InChI=1S/C31H34F3N3O3/c1-19-9-12-24(16-27(19)31(32,33)34)36-29(38)25-8-5-15-37(30(39)26-18-40-17-20(26)2)28(25)21-10-13-23(14-11-21)35-22-6-3-4-7-22/h9-14,16-18,22,25,28,35H,3-8,15H2,1-2H3,(H,36,38)/t25-,28-/m0/s1. The van der Waals surface area contributed by atoms with Crippen LogP contribution in [0.2, 0.25) is 0 Å².